The number of fused-ring (bicyclic) bond motifs is 36. The summed E-state index contributed by atoms with van der Waals surface area (Å²) in [6, 6.07) is 7.63. The maximum absolute atomic E-state index is 15.3. The van der Waals surface area contributed by atoms with Crippen LogP contribution in [-0.4, -0.2) is 181 Å². The predicted octanol–water partition coefficient (Wildman–Crippen LogP) is 0.738. The van der Waals surface area contributed by atoms with Crippen LogP contribution >= 0.6 is 0 Å². The second-order valence-corrected chi connectivity index (χ2v) is 26.3. The van der Waals surface area contributed by atoms with Gasteiger partial charge in [-0.05, 0) is 122 Å². The molecule has 0 aliphatic carbocycles. The topological polar surface area (TPSA) is 461 Å². The minimum absolute atomic E-state index is 0.0305. The average Bonchev–Trinajstić information content (AvgIpc) is 1.72. The highest BCUT2D eigenvalue weighted by Crippen LogP contribution is 2.32. The van der Waals surface area contributed by atoms with Crippen molar-refractivity contribution < 1.29 is 81.0 Å². The number of ether oxygens (including phenoxy) is 1. The fourth-order valence-corrected chi connectivity index (χ4v) is 12.6. The molecule has 16 N–H and O–H groups in total. The lowest BCUT2D eigenvalue weighted by Gasteiger charge is -2.37. The predicted molar refractivity (Wildman–Crippen MR) is 374 cm³/mol. The van der Waals surface area contributed by atoms with Crippen LogP contribution in [0.2, 0.25) is 0 Å². The zero-order valence-corrected chi connectivity index (χ0v) is 58.0. The molecular formula is C72H84F2N16O15. The summed E-state index contributed by atoms with van der Waals surface area (Å²) in [4.78, 5) is 197. The smallest absolute Gasteiger partial charge is 0.305 e. The summed E-state index contributed by atoms with van der Waals surface area (Å²) in [7, 11) is 1.44. The van der Waals surface area contributed by atoms with E-state index < -0.39 is 169 Å². The highest BCUT2D eigenvalue weighted by Gasteiger charge is 2.49. The van der Waals surface area contributed by atoms with Gasteiger partial charge in [-0.15, -0.1) is 0 Å². The Labute approximate surface area is 600 Å². The molecule has 10 rings (SSSR count). The molecule has 6 heterocycles. The molecule has 3 aliphatic heterocycles. The van der Waals surface area contributed by atoms with Crippen molar-refractivity contribution >= 4 is 98.7 Å². The number of carbonyl (C=O) groups is 13. The van der Waals surface area contributed by atoms with E-state index in [-0.39, 0.29) is 79.9 Å². The maximum atomic E-state index is 15.3. The van der Waals surface area contributed by atoms with E-state index in [4.69, 9.17) is 10.5 Å². The standard InChI is InChI=1S/C72H84F2N16O15/c1-38-64(97)84-55(26-43-34-78-51-19-15-45(73)28-49(43)51)66(99)85-56(27-44-35-79-52-20-16-46(74)29-50(44)52)67(100)87-58(32-62(94)95)69(102)86-57(30-47-36-76-37-81-47)68(101)88-59(24-40-13-17-48(105-4)18-14-40)70(103)90-23-7-21-72(90,3)71(104)89-54(63(75)96)31-61(93)80-33-42-11-9-41(10-12-42)25-60(92)77-22-6-5-8-53(65(98)82-38)83-39(2)91/h9-20,28-29,34-38,53-59,78-79H,5-8,21-27,30-33H2,1-4H3,(H2,75,96)(H,76,81)(H,77,92)(H,80,93)(H,82,98)(H,83,91)(H,84,97)(H,85,99)(H,86,102)(H,87,100)(H,88,101)(H,89,104)(H,94,95)/t38-,53-,54+,55+,56-,57+,58+,59+,72+/m1/s1. The summed E-state index contributed by atoms with van der Waals surface area (Å²) in [6.45, 7) is 4.02. The molecule has 0 saturated carbocycles. The Bertz CT molecular complexity index is 4380. The van der Waals surface area contributed by atoms with E-state index in [2.05, 4.69) is 73.1 Å². The molecule has 556 valence electrons. The van der Waals surface area contributed by atoms with Crippen molar-refractivity contribution in [2.75, 3.05) is 20.2 Å². The number of aromatic nitrogens is 4. The van der Waals surface area contributed by atoms with Gasteiger partial charge in [0.15, 0.2) is 0 Å². The summed E-state index contributed by atoms with van der Waals surface area (Å²) in [5.74, 6) is -13.2. The van der Waals surface area contributed by atoms with Gasteiger partial charge in [0.1, 0.15) is 71.3 Å². The summed E-state index contributed by atoms with van der Waals surface area (Å²) >= 11 is 0. The third kappa shape index (κ3) is 20.8. The minimum atomic E-state index is -2.08. The SMILES string of the molecule is COc1ccc(C[C@@H]2NC(=O)[C@H](Cc3cnc[nH]3)NC(=O)[C@H](CC(=O)O)NC(=O)[C@@H](Cc3c[nH]c4ccc(F)cc34)NC(=O)[C@H](Cc3c[nH]c4ccc(F)cc34)NC(=O)[C@@H](C)NC(=O)[C@H](NC(C)=O)CCCCNC(=O)Cc3ccc(cc3)CNC(=O)C[C@@H](C(N)=O)NC(=O)[C@]3(C)CCCN3C2=O)cc1. The number of aromatic amines is 3. The van der Waals surface area contributed by atoms with E-state index >= 15 is 19.2 Å². The van der Waals surface area contributed by atoms with Crippen molar-refractivity contribution in [1.82, 2.24) is 78.0 Å². The number of methoxy groups -OCH3 is 1. The summed E-state index contributed by atoms with van der Waals surface area (Å²) in [5.41, 5.74) is 7.32. The van der Waals surface area contributed by atoms with Gasteiger partial charge in [0.05, 0.1) is 32.7 Å². The van der Waals surface area contributed by atoms with Crippen LogP contribution in [0.4, 0.5) is 8.78 Å². The fraction of sp³-hybridized carbons (Fsp3) is 0.389. The molecule has 12 amide bonds. The zero-order chi connectivity index (χ0) is 75.6. The Morgan fingerprint density at radius 2 is 1.22 bits per heavy atom. The minimum Gasteiger partial charge on any atom is -0.497 e. The number of carboxylic acids is 1. The first-order chi connectivity index (χ1) is 50.1. The Morgan fingerprint density at radius 1 is 0.648 bits per heavy atom. The number of nitrogens with zero attached hydrogens (tertiary/aromatic N) is 2. The van der Waals surface area contributed by atoms with E-state index in [1.807, 2.05) is 0 Å². The molecule has 1 fully saturated rings. The number of rotatable bonds is 13. The normalized spacial score (nSPS) is 23.1. The molecule has 33 heteroatoms. The molecule has 3 aromatic heterocycles. The largest absolute Gasteiger partial charge is 0.497 e. The number of benzene rings is 4. The monoisotopic (exact) mass is 1450 g/mol. The highest BCUT2D eigenvalue weighted by atomic mass is 19.1. The van der Waals surface area contributed by atoms with Gasteiger partial charge >= 0.3 is 5.97 Å². The number of aliphatic carboxylic acids is 1. The van der Waals surface area contributed by atoms with E-state index in [1.165, 1.54) is 88.0 Å². The number of primary amides is 1. The number of carbonyl (C=O) groups excluding carboxylic acids is 12. The number of amides is 12. The molecule has 0 radical (unpaired) electrons. The number of nitrogens with two attached hydrogens (primary N) is 1. The third-order valence-electron chi connectivity index (χ3n) is 18.4. The number of halogens is 2. The van der Waals surface area contributed by atoms with Gasteiger partial charge in [0.2, 0.25) is 70.9 Å². The summed E-state index contributed by atoms with van der Waals surface area (Å²) in [6.07, 6.45) is 3.08. The van der Waals surface area contributed by atoms with Gasteiger partial charge in [-0.2, -0.15) is 0 Å². The van der Waals surface area contributed by atoms with Crippen molar-refractivity contribution in [2.45, 2.75) is 158 Å². The first-order valence-electron chi connectivity index (χ1n) is 34.1. The van der Waals surface area contributed by atoms with Gasteiger partial charge in [0, 0.05) is 98.3 Å². The second kappa shape index (κ2) is 35.2. The number of H-pyrrole nitrogens is 3. The molecule has 0 unspecified atom stereocenters. The van der Waals surface area contributed by atoms with E-state index in [0.717, 1.165) is 6.07 Å². The molecular weight excluding hydrogens is 1370 g/mol. The average molecular weight is 1450 g/mol. The van der Waals surface area contributed by atoms with Crippen LogP contribution in [-0.2, 0) is 101 Å². The Hall–Kier alpha value is -12.1. The number of nitrogens with one attached hydrogen (secondary N) is 13. The highest BCUT2D eigenvalue weighted by molar-refractivity contribution is 6.01. The number of imidazole rings is 1. The molecule has 7 aromatic rings. The number of hydrogen-bond acceptors (Lipinski definition) is 15. The van der Waals surface area contributed by atoms with E-state index in [0.29, 0.717) is 51.7 Å². The van der Waals surface area contributed by atoms with E-state index in [9.17, 15) is 57.0 Å². The van der Waals surface area contributed by atoms with Crippen molar-refractivity contribution in [3.8, 4) is 5.75 Å². The molecule has 31 nitrogen and oxygen atoms in total. The first-order valence-corrected chi connectivity index (χ1v) is 34.1. The quantitative estimate of drug-likeness (QED) is 0.0708. The van der Waals surface area contributed by atoms with Crippen LogP contribution in [0.3, 0.4) is 0 Å². The van der Waals surface area contributed by atoms with Crippen LogP contribution in [0.1, 0.15) is 99.2 Å². The maximum Gasteiger partial charge on any atom is 0.305 e. The molecule has 0 spiro atoms. The summed E-state index contributed by atoms with van der Waals surface area (Å²) in [5, 5.41) is 37.0. The molecule has 1 saturated heterocycles. The molecule has 3 aliphatic rings. The van der Waals surface area contributed by atoms with Crippen molar-refractivity contribution in [3.05, 3.63) is 155 Å². The lowest BCUT2D eigenvalue weighted by atomic mass is 9.95. The molecule has 4 aromatic carbocycles. The molecule has 2 bridgehead atoms. The van der Waals surface area contributed by atoms with Crippen LogP contribution in [0.15, 0.2) is 110 Å². The van der Waals surface area contributed by atoms with Crippen molar-refractivity contribution in [2.24, 2.45) is 5.73 Å². The van der Waals surface area contributed by atoms with Gasteiger partial charge in [-0.3, -0.25) is 62.3 Å². The van der Waals surface area contributed by atoms with Crippen LogP contribution in [0, 0.1) is 11.6 Å². The lowest BCUT2D eigenvalue weighted by Crippen LogP contribution is -2.63. The van der Waals surface area contributed by atoms with Gasteiger partial charge < -0.3 is 88.6 Å². The van der Waals surface area contributed by atoms with Crippen LogP contribution < -0.4 is 63.6 Å². The first kappa shape index (κ1) is 77.1. The van der Waals surface area contributed by atoms with E-state index in [1.54, 1.807) is 48.5 Å². The number of hydrogen-bond donors (Lipinski definition) is 15. The Kier molecular flexibility index (Phi) is 25.9. The number of carboxylic acid groups (broad SMARTS) is 1. The second-order valence-electron chi connectivity index (χ2n) is 26.3. The van der Waals surface area contributed by atoms with Gasteiger partial charge in [-0.25, -0.2) is 13.8 Å². The zero-order valence-electron chi connectivity index (χ0n) is 58.0. The Morgan fingerprint density at radius 3 is 1.79 bits per heavy atom. The molecule has 105 heavy (non-hydrogen) atoms. The van der Waals surface area contributed by atoms with Gasteiger partial charge in [-0.1, -0.05) is 36.4 Å². The van der Waals surface area contributed by atoms with Gasteiger partial charge in [0.25, 0.3) is 0 Å². The van der Waals surface area contributed by atoms with Crippen LogP contribution in [0.5, 0.6) is 5.75 Å². The van der Waals surface area contributed by atoms with Crippen LogP contribution in [0.25, 0.3) is 21.8 Å². The lowest BCUT2D eigenvalue weighted by molar-refractivity contribution is -0.147. The molecule has 9 atom stereocenters. The van der Waals surface area contributed by atoms with Crippen molar-refractivity contribution in [1.29, 1.82) is 0 Å². The Balaban J connectivity index is 1.06. The fourth-order valence-electron chi connectivity index (χ4n) is 12.6. The third-order valence-corrected chi connectivity index (χ3v) is 18.4. The van der Waals surface area contributed by atoms with Crippen molar-refractivity contribution in [3.63, 3.8) is 0 Å². The summed E-state index contributed by atoms with van der Waals surface area (Å²) < 4.78 is 35.3.